The van der Waals surface area contributed by atoms with Crippen molar-refractivity contribution in [3.05, 3.63) is 30.1 Å². The van der Waals surface area contributed by atoms with E-state index in [1.807, 2.05) is 12.1 Å². The molecule has 1 heterocycles. The number of pyridine rings is 1. The van der Waals surface area contributed by atoms with E-state index in [0.717, 1.165) is 11.8 Å². The first kappa shape index (κ1) is 9.15. The molecule has 66 valence electrons. The second kappa shape index (κ2) is 3.64. The minimum atomic E-state index is -3.09. The first-order valence-corrected chi connectivity index (χ1v) is 5.37. The molecule has 0 radical (unpaired) electrons. The van der Waals surface area contributed by atoms with Crippen LogP contribution in [0.1, 0.15) is 5.56 Å². The third-order valence-electron chi connectivity index (χ3n) is 1.31. The molecule has 1 aromatic heterocycles. The molecule has 0 aliphatic rings. The van der Waals surface area contributed by atoms with Crippen LogP contribution in [0.25, 0.3) is 0 Å². The van der Waals surface area contributed by atoms with Gasteiger partial charge in [0.1, 0.15) is 0 Å². The number of nitrogens with one attached hydrogen (secondary N) is 2. The summed E-state index contributed by atoms with van der Waals surface area (Å²) in [6.45, 7) is 0.330. The predicted octanol–water partition coefficient (Wildman–Crippen LogP) is -0.450. The number of sulfonamides is 1. The smallest absolute Gasteiger partial charge is 0.209 e. The van der Waals surface area contributed by atoms with Crippen molar-refractivity contribution in [1.29, 1.82) is 0 Å². The van der Waals surface area contributed by atoms with Gasteiger partial charge in [-0.1, -0.05) is 0 Å². The van der Waals surface area contributed by atoms with Crippen molar-refractivity contribution in [1.82, 2.24) is 4.72 Å². The molecule has 12 heavy (non-hydrogen) atoms. The van der Waals surface area contributed by atoms with Gasteiger partial charge in [0.15, 0.2) is 12.4 Å². The summed E-state index contributed by atoms with van der Waals surface area (Å²) in [7, 11) is -3.09. The minimum absolute atomic E-state index is 0.330. The zero-order valence-corrected chi connectivity index (χ0v) is 7.56. The lowest BCUT2D eigenvalue weighted by atomic mass is 10.3. The Labute approximate surface area is 71.7 Å². The molecule has 0 saturated heterocycles. The molecule has 0 fully saturated rings. The van der Waals surface area contributed by atoms with Crippen LogP contribution in [0.5, 0.6) is 0 Å². The molecule has 1 aromatic rings. The second-order valence-corrected chi connectivity index (χ2v) is 4.34. The van der Waals surface area contributed by atoms with Crippen molar-refractivity contribution in [3.63, 3.8) is 0 Å². The molecular formula is C7H11N2O2S+. The first-order chi connectivity index (χ1) is 5.58. The molecule has 0 unspecified atom stereocenters. The highest BCUT2D eigenvalue weighted by Gasteiger charge is 2.01. The number of hydrogen-bond donors (Lipinski definition) is 1. The van der Waals surface area contributed by atoms with Gasteiger partial charge in [-0.05, 0) is 6.07 Å². The van der Waals surface area contributed by atoms with E-state index >= 15 is 0 Å². The van der Waals surface area contributed by atoms with Crippen LogP contribution >= 0.6 is 0 Å². The lowest BCUT2D eigenvalue weighted by Gasteiger charge is -1.98. The van der Waals surface area contributed by atoms with Gasteiger partial charge in [-0.2, -0.15) is 0 Å². The number of H-pyrrole nitrogens is 1. The molecular weight excluding hydrogens is 176 g/mol. The van der Waals surface area contributed by atoms with Crippen molar-refractivity contribution < 1.29 is 13.4 Å². The fraction of sp³-hybridized carbons (Fsp3) is 0.286. The van der Waals surface area contributed by atoms with E-state index in [1.165, 1.54) is 0 Å². The van der Waals surface area contributed by atoms with Crippen LogP contribution in [0.3, 0.4) is 0 Å². The summed E-state index contributed by atoms with van der Waals surface area (Å²) in [5, 5.41) is 0. The van der Waals surface area contributed by atoms with Gasteiger partial charge in [-0.3, -0.25) is 0 Å². The highest BCUT2D eigenvalue weighted by Crippen LogP contribution is 1.92. The third-order valence-corrected chi connectivity index (χ3v) is 1.98. The molecule has 0 aliphatic carbocycles. The average Bonchev–Trinajstić information content (AvgIpc) is 2.02. The van der Waals surface area contributed by atoms with Crippen LogP contribution in [0.15, 0.2) is 24.5 Å². The molecule has 0 aliphatic heterocycles. The first-order valence-electron chi connectivity index (χ1n) is 3.47. The summed E-state index contributed by atoms with van der Waals surface area (Å²) in [4.78, 5) is 2.86. The highest BCUT2D eigenvalue weighted by atomic mass is 32.2. The summed E-state index contributed by atoms with van der Waals surface area (Å²) in [6, 6.07) is 3.66. The average molecular weight is 187 g/mol. The minimum Gasteiger partial charge on any atom is -0.218 e. The Bertz CT molecular complexity index is 334. The van der Waals surface area contributed by atoms with Gasteiger partial charge in [0.25, 0.3) is 0 Å². The van der Waals surface area contributed by atoms with E-state index < -0.39 is 10.0 Å². The monoisotopic (exact) mass is 187 g/mol. The summed E-state index contributed by atoms with van der Waals surface area (Å²) >= 11 is 0. The Morgan fingerprint density at radius 3 is 2.83 bits per heavy atom. The largest absolute Gasteiger partial charge is 0.218 e. The van der Waals surface area contributed by atoms with Crippen molar-refractivity contribution in [2.75, 3.05) is 6.26 Å². The Kier molecular flexibility index (Phi) is 2.78. The molecule has 0 atom stereocenters. The summed E-state index contributed by atoms with van der Waals surface area (Å²) in [6.07, 6.45) is 4.65. The molecule has 0 aromatic carbocycles. The van der Waals surface area contributed by atoms with Gasteiger partial charge in [0, 0.05) is 18.2 Å². The van der Waals surface area contributed by atoms with Crippen LogP contribution in [-0.2, 0) is 16.6 Å². The van der Waals surface area contributed by atoms with Gasteiger partial charge in [-0.15, -0.1) is 0 Å². The standard InChI is InChI=1S/C7H10N2O2S/c1-12(10,11)9-6-7-3-2-4-8-5-7/h2-5,9H,6H2,1H3/p+1. The quantitative estimate of drug-likeness (QED) is 0.696. The number of aromatic nitrogens is 1. The number of aromatic amines is 1. The van der Waals surface area contributed by atoms with E-state index in [0.29, 0.717) is 6.54 Å². The Morgan fingerprint density at radius 1 is 1.58 bits per heavy atom. The lowest BCUT2D eigenvalue weighted by molar-refractivity contribution is -0.378. The van der Waals surface area contributed by atoms with E-state index in [4.69, 9.17) is 0 Å². The zero-order valence-electron chi connectivity index (χ0n) is 6.74. The van der Waals surface area contributed by atoms with E-state index in [2.05, 4.69) is 9.71 Å². The number of rotatable bonds is 3. The summed E-state index contributed by atoms with van der Waals surface area (Å²) < 4.78 is 23.8. The van der Waals surface area contributed by atoms with Crippen LogP contribution in [0, 0.1) is 0 Å². The van der Waals surface area contributed by atoms with Gasteiger partial charge in [-0.25, -0.2) is 18.1 Å². The molecule has 5 heteroatoms. The fourth-order valence-electron chi connectivity index (χ4n) is 0.755. The maximum absolute atomic E-state index is 10.7. The molecule has 0 bridgehead atoms. The maximum atomic E-state index is 10.7. The van der Waals surface area contributed by atoms with Gasteiger partial charge < -0.3 is 0 Å². The van der Waals surface area contributed by atoms with Gasteiger partial charge in [0.2, 0.25) is 10.0 Å². The molecule has 4 nitrogen and oxygen atoms in total. The van der Waals surface area contributed by atoms with Crippen LogP contribution in [0.4, 0.5) is 0 Å². The van der Waals surface area contributed by atoms with E-state index in [-0.39, 0.29) is 0 Å². The molecule has 2 N–H and O–H groups in total. The van der Waals surface area contributed by atoms with Crippen LogP contribution < -0.4 is 9.71 Å². The predicted molar refractivity (Wildman–Crippen MR) is 44.7 cm³/mol. The third kappa shape index (κ3) is 3.45. The van der Waals surface area contributed by atoms with Crippen LogP contribution in [0.2, 0.25) is 0 Å². The molecule has 0 spiro atoms. The summed E-state index contributed by atoms with van der Waals surface area (Å²) in [5.74, 6) is 0. The molecule has 0 saturated carbocycles. The second-order valence-electron chi connectivity index (χ2n) is 2.50. The Balaban J connectivity index is 2.56. The zero-order chi connectivity index (χ0) is 9.03. The number of hydrogen-bond acceptors (Lipinski definition) is 2. The van der Waals surface area contributed by atoms with Crippen molar-refractivity contribution in [3.8, 4) is 0 Å². The summed E-state index contributed by atoms with van der Waals surface area (Å²) in [5.41, 5.74) is 0.905. The van der Waals surface area contributed by atoms with Gasteiger partial charge in [0.05, 0.1) is 6.26 Å². The maximum Gasteiger partial charge on any atom is 0.209 e. The SMILES string of the molecule is CS(=O)(=O)NCc1ccc[nH+]c1. The van der Waals surface area contributed by atoms with E-state index in [9.17, 15) is 8.42 Å². The Hall–Kier alpha value is -0.940. The van der Waals surface area contributed by atoms with E-state index in [1.54, 1.807) is 12.4 Å². The lowest BCUT2D eigenvalue weighted by Crippen LogP contribution is -2.21. The van der Waals surface area contributed by atoms with Crippen molar-refractivity contribution in [2.45, 2.75) is 6.54 Å². The fourth-order valence-corrected chi connectivity index (χ4v) is 1.18. The molecule has 0 amide bonds. The van der Waals surface area contributed by atoms with Gasteiger partial charge >= 0.3 is 0 Å². The van der Waals surface area contributed by atoms with Crippen LogP contribution in [-0.4, -0.2) is 14.7 Å². The molecule has 1 rings (SSSR count). The highest BCUT2D eigenvalue weighted by molar-refractivity contribution is 7.88. The normalized spacial score (nSPS) is 11.4. The van der Waals surface area contributed by atoms with Crippen molar-refractivity contribution >= 4 is 10.0 Å². The van der Waals surface area contributed by atoms with Crippen molar-refractivity contribution in [2.24, 2.45) is 0 Å². The topological polar surface area (TPSA) is 60.3 Å². The Morgan fingerprint density at radius 2 is 2.33 bits per heavy atom.